The summed E-state index contributed by atoms with van der Waals surface area (Å²) in [4.78, 5) is 19.5. The third kappa shape index (κ3) is 4.99. The number of hydrogen-bond donors (Lipinski definition) is 1. The highest BCUT2D eigenvalue weighted by atomic mass is 32.1. The van der Waals surface area contributed by atoms with Crippen molar-refractivity contribution >= 4 is 22.9 Å². The summed E-state index contributed by atoms with van der Waals surface area (Å²) in [6.07, 6.45) is 5.75. The number of nitrogens with zero attached hydrogens (tertiary/aromatic N) is 4. The van der Waals surface area contributed by atoms with Crippen LogP contribution in [-0.4, -0.2) is 38.5 Å². The van der Waals surface area contributed by atoms with E-state index in [1.807, 2.05) is 11.4 Å². The Morgan fingerprint density at radius 1 is 1.32 bits per heavy atom. The molecular formula is C24H33N5OS. The van der Waals surface area contributed by atoms with Crippen molar-refractivity contribution in [1.29, 1.82) is 0 Å². The largest absolute Gasteiger partial charge is 0.356 e. The van der Waals surface area contributed by atoms with Gasteiger partial charge in [0.2, 0.25) is 5.91 Å². The molecule has 0 bridgehead atoms. The minimum atomic E-state index is 0.105. The fourth-order valence-corrected chi connectivity index (χ4v) is 5.25. The van der Waals surface area contributed by atoms with Crippen LogP contribution in [0.3, 0.4) is 0 Å². The smallest absolute Gasteiger partial charge is 0.220 e. The molecule has 4 heterocycles. The van der Waals surface area contributed by atoms with Crippen LogP contribution in [0.1, 0.15) is 73.3 Å². The molecule has 7 heteroatoms. The summed E-state index contributed by atoms with van der Waals surface area (Å²) >= 11 is 1.76. The molecule has 3 aromatic heterocycles. The maximum atomic E-state index is 12.1. The van der Waals surface area contributed by atoms with Crippen molar-refractivity contribution in [2.24, 2.45) is 0 Å². The number of hydrogen-bond acceptors (Lipinski definition) is 5. The van der Waals surface area contributed by atoms with E-state index in [0.29, 0.717) is 18.9 Å². The minimum absolute atomic E-state index is 0.105. The Kier molecular flexibility index (Phi) is 7.02. The quantitative estimate of drug-likeness (QED) is 0.557. The van der Waals surface area contributed by atoms with E-state index >= 15 is 0 Å². The lowest BCUT2D eigenvalue weighted by molar-refractivity contribution is -0.121. The van der Waals surface area contributed by atoms with Gasteiger partial charge in [0.1, 0.15) is 0 Å². The lowest BCUT2D eigenvalue weighted by Crippen LogP contribution is -2.33. The van der Waals surface area contributed by atoms with Crippen molar-refractivity contribution in [2.75, 3.05) is 13.1 Å². The highest BCUT2D eigenvalue weighted by Crippen LogP contribution is 2.32. The second-order valence-electron chi connectivity index (χ2n) is 8.56. The molecule has 0 radical (unpaired) electrons. The highest BCUT2D eigenvalue weighted by Gasteiger charge is 2.27. The first-order valence-corrected chi connectivity index (χ1v) is 12.4. The van der Waals surface area contributed by atoms with Gasteiger partial charge < -0.3 is 5.32 Å². The number of aromatic nitrogens is 3. The van der Waals surface area contributed by atoms with Crippen LogP contribution in [-0.2, 0) is 17.8 Å². The van der Waals surface area contributed by atoms with Gasteiger partial charge in [-0.15, -0.1) is 0 Å². The van der Waals surface area contributed by atoms with Gasteiger partial charge in [-0.1, -0.05) is 13.3 Å². The number of likely N-dealkylation sites (tertiary alicyclic amines) is 1. The van der Waals surface area contributed by atoms with E-state index in [9.17, 15) is 4.79 Å². The Morgan fingerprint density at radius 2 is 2.19 bits per heavy atom. The number of carbonyl (C=O) groups is 1. The Morgan fingerprint density at radius 3 is 2.97 bits per heavy atom. The Labute approximate surface area is 188 Å². The summed E-state index contributed by atoms with van der Waals surface area (Å²) in [7, 11) is 0. The van der Waals surface area contributed by atoms with Gasteiger partial charge in [-0.2, -0.15) is 16.4 Å². The Bertz CT molecular complexity index is 1030. The summed E-state index contributed by atoms with van der Waals surface area (Å²) in [6.45, 7) is 9.03. The first kappa shape index (κ1) is 22.0. The standard InChI is InChI=1S/C24H33N5OS/c1-4-11-25-24(30)9-8-20-17(2)26-23-14-21(27-29(23)18(20)3)22-7-5-6-12-28(22)15-19-10-13-31-16-19/h10,13-14,16,22H,4-9,11-12,15H2,1-3H3,(H,25,30)/t22-/m1/s1. The van der Waals surface area contributed by atoms with Gasteiger partial charge in [-0.3, -0.25) is 9.69 Å². The van der Waals surface area contributed by atoms with Crippen molar-refractivity contribution in [3.05, 3.63) is 51.1 Å². The van der Waals surface area contributed by atoms with Crippen molar-refractivity contribution < 1.29 is 4.79 Å². The summed E-state index contributed by atoms with van der Waals surface area (Å²) in [5.74, 6) is 0.105. The molecule has 1 aliphatic heterocycles. The zero-order valence-corrected chi connectivity index (χ0v) is 19.7. The van der Waals surface area contributed by atoms with Crippen LogP contribution in [0.2, 0.25) is 0 Å². The summed E-state index contributed by atoms with van der Waals surface area (Å²) in [6, 6.07) is 4.71. The number of rotatable bonds is 8. The number of amides is 1. The predicted octanol–water partition coefficient (Wildman–Crippen LogP) is 4.59. The molecule has 0 aliphatic carbocycles. The SMILES string of the molecule is CCCNC(=O)CCc1c(C)nc2cc([C@H]3CCCCN3Cc3ccsc3)nn2c1C. The molecule has 0 unspecified atom stereocenters. The predicted molar refractivity (Wildman–Crippen MR) is 125 cm³/mol. The average molecular weight is 440 g/mol. The first-order valence-electron chi connectivity index (χ1n) is 11.4. The number of carbonyl (C=O) groups excluding carboxylic acids is 1. The zero-order valence-electron chi connectivity index (χ0n) is 18.9. The second kappa shape index (κ2) is 9.92. The normalized spacial score (nSPS) is 17.3. The first-order chi connectivity index (χ1) is 15.1. The minimum Gasteiger partial charge on any atom is -0.356 e. The van der Waals surface area contributed by atoms with Gasteiger partial charge in [0.05, 0.1) is 11.7 Å². The molecule has 1 atom stereocenters. The fraction of sp³-hybridized carbons (Fsp3) is 0.542. The monoisotopic (exact) mass is 439 g/mol. The van der Waals surface area contributed by atoms with E-state index in [0.717, 1.165) is 60.8 Å². The van der Waals surface area contributed by atoms with E-state index in [-0.39, 0.29) is 5.91 Å². The molecular weight excluding hydrogens is 406 g/mol. The Balaban J connectivity index is 1.57. The van der Waals surface area contributed by atoms with Crippen molar-refractivity contribution in [3.63, 3.8) is 0 Å². The van der Waals surface area contributed by atoms with E-state index < -0.39 is 0 Å². The van der Waals surface area contributed by atoms with Gasteiger partial charge in [0.25, 0.3) is 0 Å². The van der Waals surface area contributed by atoms with Gasteiger partial charge in [0, 0.05) is 37.0 Å². The Hall–Kier alpha value is -2.25. The van der Waals surface area contributed by atoms with E-state index in [2.05, 4.69) is 47.0 Å². The number of aryl methyl sites for hydroxylation is 2. The van der Waals surface area contributed by atoms with E-state index in [1.54, 1.807) is 11.3 Å². The molecule has 1 amide bonds. The van der Waals surface area contributed by atoms with Crippen molar-refractivity contribution in [1.82, 2.24) is 24.8 Å². The van der Waals surface area contributed by atoms with Crippen LogP contribution < -0.4 is 5.32 Å². The summed E-state index contributed by atoms with van der Waals surface area (Å²) in [5.41, 5.74) is 6.63. The summed E-state index contributed by atoms with van der Waals surface area (Å²) < 4.78 is 1.99. The van der Waals surface area contributed by atoms with Gasteiger partial charge in [-0.25, -0.2) is 9.50 Å². The van der Waals surface area contributed by atoms with Crippen LogP contribution in [0, 0.1) is 13.8 Å². The molecule has 6 nitrogen and oxygen atoms in total. The molecule has 0 saturated carbocycles. The molecule has 3 aromatic rings. The van der Waals surface area contributed by atoms with Crippen molar-refractivity contribution in [2.45, 2.75) is 71.9 Å². The van der Waals surface area contributed by atoms with Crippen LogP contribution in [0.15, 0.2) is 22.9 Å². The topological polar surface area (TPSA) is 62.5 Å². The number of fused-ring (bicyclic) bond motifs is 1. The summed E-state index contributed by atoms with van der Waals surface area (Å²) in [5, 5.41) is 12.4. The zero-order chi connectivity index (χ0) is 21.8. The molecule has 1 N–H and O–H groups in total. The molecule has 166 valence electrons. The highest BCUT2D eigenvalue weighted by molar-refractivity contribution is 7.07. The van der Waals surface area contributed by atoms with Gasteiger partial charge in [-0.05, 0) is 74.0 Å². The molecule has 0 aromatic carbocycles. The molecule has 0 spiro atoms. The third-order valence-corrected chi connectivity index (χ3v) is 7.01. The van der Waals surface area contributed by atoms with Crippen LogP contribution in [0.5, 0.6) is 0 Å². The van der Waals surface area contributed by atoms with Crippen LogP contribution in [0.25, 0.3) is 5.65 Å². The number of piperidine rings is 1. The van der Waals surface area contributed by atoms with E-state index in [4.69, 9.17) is 10.1 Å². The van der Waals surface area contributed by atoms with Gasteiger partial charge in [0.15, 0.2) is 5.65 Å². The molecule has 1 saturated heterocycles. The maximum absolute atomic E-state index is 12.1. The van der Waals surface area contributed by atoms with Crippen LogP contribution in [0.4, 0.5) is 0 Å². The van der Waals surface area contributed by atoms with Crippen molar-refractivity contribution in [3.8, 4) is 0 Å². The lowest BCUT2D eigenvalue weighted by atomic mass is 9.99. The molecule has 31 heavy (non-hydrogen) atoms. The maximum Gasteiger partial charge on any atom is 0.220 e. The van der Waals surface area contributed by atoms with Crippen LogP contribution >= 0.6 is 11.3 Å². The lowest BCUT2D eigenvalue weighted by Gasteiger charge is -2.34. The molecule has 4 rings (SSSR count). The molecule has 1 fully saturated rings. The second-order valence-corrected chi connectivity index (χ2v) is 9.34. The molecule has 1 aliphatic rings. The van der Waals surface area contributed by atoms with Gasteiger partial charge >= 0.3 is 0 Å². The average Bonchev–Trinajstić information content (AvgIpc) is 3.42. The fourth-order valence-electron chi connectivity index (χ4n) is 4.59. The number of nitrogens with one attached hydrogen (secondary N) is 1. The van der Waals surface area contributed by atoms with E-state index in [1.165, 1.54) is 18.4 Å². The number of thiophene rings is 1. The third-order valence-electron chi connectivity index (χ3n) is 6.28.